The van der Waals surface area contributed by atoms with Crippen LogP contribution in [0.25, 0.3) is 11.3 Å². The summed E-state index contributed by atoms with van der Waals surface area (Å²) in [6.45, 7) is 5.92. The van der Waals surface area contributed by atoms with Crippen molar-refractivity contribution in [2.75, 3.05) is 64.9 Å². The van der Waals surface area contributed by atoms with E-state index in [1.165, 1.54) is 17.8 Å². The van der Waals surface area contributed by atoms with Crippen molar-refractivity contribution in [1.82, 2.24) is 20.1 Å². The molecule has 2 amide bonds. The number of anilines is 1. The number of nitrogens with zero attached hydrogens (tertiary/aromatic N) is 4. The lowest BCUT2D eigenvalue weighted by Gasteiger charge is -2.28. The Morgan fingerprint density at radius 2 is 1.76 bits per heavy atom. The smallest absolute Gasteiger partial charge is 0.314 e. The predicted molar refractivity (Wildman–Crippen MR) is 147 cm³/mol. The van der Waals surface area contributed by atoms with Gasteiger partial charge in [0.15, 0.2) is 4.80 Å². The first kappa shape index (κ1) is 26.8. The number of halogens is 1. The van der Waals surface area contributed by atoms with Crippen molar-refractivity contribution in [3.8, 4) is 11.3 Å². The molecule has 0 atom stereocenters. The molecule has 3 aromatic rings. The molecule has 1 aliphatic heterocycles. The molecule has 37 heavy (non-hydrogen) atoms. The van der Waals surface area contributed by atoms with E-state index in [0.29, 0.717) is 25.3 Å². The largest absolute Gasteiger partial charge is 0.378 e. The van der Waals surface area contributed by atoms with Gasteiger partial charge in [0.2, 0.25) is 0 Å². The summed E-state index contributed by atoms with van der Waals surface area (Å²) in [6.07, 6.45) is 0.743. The molecule has 198 valence electrons. The van der Waals surface area contributed by atoms with Crippen molar-refractivity contribution in [2.45, 2.75) is 13.0 Å². The summed E-state index contributed by atoms with van der Waals surface area (Å²) >= 11 is 1.55. The van der Waals surface area contributed by atoms with Crippen molar-refractivity contribution in [1.29, 1.82) is 0 Å². The Labute approximate surface area is 221 Å². The number of morpholine rings is 1. The maximum absolute atomic E-state index is 13.4. The fourth-order valence-electron chi connectivity index (χ4n) is 4.05. The van der Waals surface area contributed by atoms with Gasteiger partial charge in [0.1, 0.15) is 5.82 Å². The fourth-order valence-corrected chi connectivity index (χ4v) is 5.01. The number of amides is 2. The van der Waals surface area contributed by atoms with Crippen molar-refractivity contribution in [2.24, 2.45) is 4.99 Å². The zero-order valence-electron chi connectivity index (χ0n) is 21.5. The highest BCUT2D eigenvalue weighted by molar-refractivity contribution is 7.07. The van der Waals surface area contributed by atoms with Gasteiger partial charge in [-0.15, -0.1) is 11.3 Å². The Hall–Kier alpha value is -3.21. The molecule has 2 heterocycles. The normalized spacial score (nSPS) is 14.3. The van der Waals surface area contributed by atoms with Crippen LogP contribution in [-0.4, -0.2) is 75.5 Å². The number of benzene rings is 2. The number of ether oxygens (including phenoxy) is 1. The Morgan fingerprint density at radius 3 is 2.46 bits per heavy atom. The lowest BCUT2D eigenvalue weighted by molar-refractivity contribution is 0.122. The van der Waals surface area contributed by atoms with Crippen molar-refractivity contribution in [3.63, 3.8) is 0 Å². The first-order chi connectivity index (χ1) is 18.0. The molecule has 0 radical (unpaired) electrons. The van der Waals surface area contributed by atoms with Gasteiger partial charge in [-0.1, -0.05) is 12.1 Å². The summed E-state index contributed by atoms with van der Waals surface area (Å²) in [5.74, 6) is -0.283. The third kappa shape index (κ3) is 7.88. The average Bonchev–Trinajstić information content (AvgIpc) is 3.30. The first-order valence-corrected chi connectivity index (χ1v) is 13.5. The molecule has 0 unspecified atom stereocenters. The fraction of sp³-hybridized carbons (Fsp3) is 0.407. The molecule has 2 N–H and O–H groups in total. The summed E-state index contributed by atoms with van der Waals surface area (Å²) in [6, 6.07) is 14.6. The molecule has 1 aliphatic rings. The monoisotopic (exact) mass is 526 g/mol. The van der Waals surface area contributed by atoms with Crippen molar-refractivity contribution < 1.29 is 13.9 Å². The number of hydrogen-bond acceptors (Lipinski definition) is 6. The van der Waals surface area contributed by atoms with E-state index in [2.05, 4.69) is 49.7 Å². The molecule has 0 bridgehead atoms. The van der Waals surface area contributed by atoms with Crippen molar-refractivity contribution >= 4 is 28.7 Å². The predicted octanol–water partition coefficient (Wildman–Crippen LogP) is 3.68. The third-order valence-corrected chi connectivity index (χ3v) is 6.94. The summed E-state index contributed by atoms with van der Waals surface area (Å²) in [7, 11) is 3.94. The van der Waals surface area contributed by atoms with Crippen LogP contribution in [0.4, 0.5) is 20.6 Å². The molecule has 4 rings (SSSR count). The van der Waals surface area contributed by atoms with Gasteiger partial charge in [-0.2, -0.15) is 0 Å². The Kier molecular flexibility index (Phi) is 9.70. The van der Waals surface area contributed by atoms with E-state index < -0.39 is 0 Å². The Morgan fingerprint density at radius 1 is 1.05 bits per heavy atom. The van der Waals surface area contributed by atoms with E-state index in [1.807, 2.05) is 19.0 Å². The van der Waals surface area contributed by atoms with Crippen LogP contribution in [0.3, 0.4) is 0 Å². The number of likely N-dealkylation sites (N-methyl/N-ethyl adjacent to an activating group) is 1. The highest BCUT2D eigenvalue weighted by Crippen LogP contribution is 2.25. The van der Waals surface area contributed by atoms with Gasteiger partial charge in [-0.3, -0.25) is 0 Å². The van der Waals surface area contributed by atoms with E-state index in [-0.39, 0.29) is 11.8 Å². The standard InChI is InChI=1S/C27H35FN6O2S/c1-32(2)15-13-30-26(35)29-12-3-14-34-25(20-37-27(34)31-23-8-6-22(28)7-9-23)21-4-10-24(11-5-21)33-16-18-36-19-17-33/h4-11,20H,3,12-19H2,1-2H3,(H2,29,30,35). The Bertz CT molecular complexity index is 1200. The van der Waals surface area contributed by atoms with Gasteiger partial charge in [-0.05, 0) is 62.5 Å². The SMILES string of the molecule is CN(C)CCNC(=O)NCCCn1c(-c2ccc(N3CCOCC3)cc2)csc1=Nc1ccc(F)cc1. The number of aromatic nitrogens is 1. The zero-order valence-corrected chi connectivity index (χ0v) is 22.3. The van der Waals surface area contributed by atoms with Crippen LogP contribution < -0.4 is 20.3 Å². The maximum atomic E-state index is 13.4. The van der Waals surface area contributed by atoms with Crippen LogP contribution in [0.5, 0.6) is 0 Å². The van der Waals surface area contributed by atoms with Gasteiger partial charge in [0, 0.05) is 50.3 Å². The summed E-state index contributed by atoms with van der Waals surface area (Å²) in [4.78, 5) is 22.0. The number of urea groups is 1. The number of rotatable bonds is 10. The zero-order chi connectivity index (χ0) is 26.0. The molecule has 1 saturated heterocycles. The number of thiazole rings is 1. The molecule has 0 spiro atoms. The number of hydrogen-bond donors (Lipinski definition) is 2. The van der Waals surface area contributed by atoms with Gasteiger partial charge in [0.25, 0.3) is 0 Å². The molecule has 1 fully saturated rings. The quantitative estimate of drug-likeness (QED) is 0.396. The highest BCUT2D eigenvalue weighted by Gasteiger charge is 2.13. The van der Waals surface area contributed by atoms with Crippen LogP contribution in [0.15, 0.2) is 58.9 Å². The van der Waals surface area contributed by atoms with Gasteiger partial charge >= 0.3 is 6.03 Å². The second-order valence-electron chi connectivity index (χ2n) is 9.13. The van der Waals surface area contributed by atoms with Crippen LogP contribution in [0, 0.1) is 5.82 Å². The van der Waals surface area contributed by atoms with Crippen LogP contribution in [0.1, 0.15) is 6.42 Å². The molecule has 8 nitrogen and oxygen atoms in total. The second-order valence-corrected chi connectivity index (χ2v) is 9.97. The van der Waals surface area contributed by atoms with Gasteiger partial charge in [-0.25, -0.2) is 14.2 Å². The van der Waals surface area contributed by atoms with E-state index in [9.17, 15) is 9.18 Å². The van der Waals surface area contributed by atoms with Crippen LogP contribution in [0.2, 0.25) is 0 Å². The molecule has 0 saturated carbocycles. The van der Waals surface area contributed by atoms with Crippen LogP contribution >= 0.6 is 11.3 Å². The molecular weight excluding hydrogens is 491 g/mol. The minimum atomic E-state index is -0.283. The Balaban J connectivity index is 1.49. The molecule has 0 aliphatic carbocycles. The summed E-state index contributed by atoms with van der Waals surface area (Å²) in [5, 5.41) is 7.90. The van der Waals surface area contributed by atoms with E-state index in [1.54, 1.807) is 23.5 Å². The van der Waals surface area contributed by atoms with Crippen molar-refractivity contribution in [3.05, 3.63) is 64.5 Å². The topological polar surface area (TPSA) is 74.1 Å². The minimum Gasteiger partial charge on any atom is -0.378 e. The number of carbonyl (C=O) groups is 1. The second kappa shape index (κ2) is 13.4. The summed E-state index contributed by atoms with van der Waals surface area (Å²) in [5.41, 5.74) is 4.05. The molecule has 10 heteroatoms. The molecule has 1 aromatic heterocycles. The first-order valence-electron chi connectivity index (χ1n) is 12.6. The minimum absolute atomic E-state index is 0.160. The van der Waals surface area contributed by atoms with Gasteiger partial charge in [0.05, 0.1) is 24.6 Å². The van der Waals surface area contributed by atoms with E-state index in [0.717, 1.165) is 55.3 Å². The van der Waals surface area contributed by atoms with Crippen LogP contribution in [-0.2, 0) is 11.3 Å². The average molecular weight is 527 g/mol. The number of carbonyl (C=O) groups excluding carboxylic acids is 1. The summed E-state index contributed by atoms with van der Waals surface area (Å²) < 4.78 is 21.0. The van der Waals surface area contributed by atoms with E-state index >= 15 is 0 Å². The molecular formula is C27H35FN6O2S. The number of nitrogens with one attached hydrogen (secondary N) is 2. The third-order valence-electron chi connectivity index (χ3n) is 6.08. The molecule has 2 aromatic carbocycles. The van der Waals surface area contributed by atoms with Gasteiger partial charge < -0.3 is 29.7 Å². The lowest BCUT2D eigenvalue weighted by Crippen LogP contribution is -2.39. The lowest BCUT2D eigenvalue weighted by atomic mass is 10.1. The highest BCUT2D eigenvalue weighted by atomic mass is 32.1. The maximum Gasteiger partial charge on any atom is 0.314 e. The van der Waals surface area contributed by atoms with E-state index in [4.69, 9.17) is 9.73 Å².